The number of rotatable bonds is 6. The van der Waals surface area contributed by atoms with Gasteiger partial charge in [-0.1, -0.05) is 13.8 Å². The van der Waals surface area contributed by atoms with E-state index in [1.165, 1.54) is 7.11 Å². The van der Waals surface area contributed by atoms with Gasteiger partial charge in [0, 0.05) is 23.2 Å². The maximum atomic E-state index is 12.7. The highest BCUT2D eigenvalue weighted by Gasteiger charge is 2.35. The number of nitrogens with zero attached hydrogens (tertiary/aromatic N) is 1. The first-order chi connectivity index (χ1) is 10.8. The number of aromatic amines is 1. The summed E-state index contributed by atoms with van der Waals surface area (Å²) in [6.45, 7) is 7.20. The van der Waals surface area contributed by atoms with Crippen molar-refractivity contribution in [2.24, 2.45) is 5.92 Å². The topological polar surface area (TPSA) is 79.5 Å². The molecule has 1 amide bonds. The first-order valence-electron chi connectivity index (χ1n) is 7.89. The minimum atomic E-state index is -0.498. The number of aromatic nitrogens is 1. The molecule has 126 valence electrons. The van der Waals surface area contributed by atoms with Gasteiger partial charge in [-0.3, -0.25) is 9.59 Å². The van der Waals surface area contributed by atoms with Crippen LogP contribution < -0.4 is 0 Å². The minimum absolute atomic E-state index is 0.000108. The summed E-state index contributed by atoms with van der Waals surface area (Å²) in [7, 11) is 1.30. The zero-order valence-corrected chi connectivity index (χ0v) is 14.4. The summed E-state index contributed by atoms with van der Waals surface area (Å²) in [5, 5.41) is 0. The van der Waals surface area contributed by atoms with Crippen LogP contribution in [0.5, 0.6) is 0 Å². The maximum Gasteiger partial charge on any atom is 0.354 e. The molecule has 1 aliphatic carbocycles. The van der Waals surface area contributed by atoms with Gasteiger partial charge in [0.15, 0.2) is 5.78 Å². The number of aryl methyl sites for hydroxylation is 1. The molecule has 0 atom stereocenters. The number of esters is 1. The number of hydrogen-bond donors (Lipinski definition) is 1. The number of methoxy groups -OCH3 is 1. The largest absolute Gasteiger partial charge is 0.464 e. The molecule has 0 unspecified atom stereocenters. The summed E-state index contributed by atoms with van der Waals surface area (Å²) in [4.78, 5) is 41.4. The second-order valence-corrected chi connectivity index (χ2v) is 6.39. The fourth-order valence-electron chi connectivity index (χ4n) is 2.81. The van der Waals surface area contributed by atoms with Gasteiger partial charge < -0.3 is 14.6 Å². The van der Waals surface area contributed by atoms with E-state index in [4.69, 9.17) is 4.74 Å². The van der Waals surface area contributed by atoms with Gasteiger partial charge in [-0.05, 0) is 32.3 Å². The number of ketones is 1. The van der Waals surface area contributed by atoms with Gasteiger partial charge in [0.25, 0.3) is 0 Å². The van der Waals surface area contributed by atoms with E-state index in [1.54, 1.807) is 18.7 Å². The second-order valence-electron chi connectivity index (χ2n) is 6.39. The minimum Gasteiger partial charge on any atom is -0.464 e. The Hall–Kier alpha value is -2.11. The monoisotopic (exact) mass is 320 g/mol. The van der Waals surface area contributed by atoms with Gasteiger partial charge in [0.05, 0.1) is 13.7 Å². The lowest BCUT2D eigenvalue weighted by atomic mass is 10.0. The molecule has 1 aliphatic rings. The molecule has 1 heterocycles. The van der Waals surface area contributed by atoms with Crippen molar-refractivity contribution in [3.8, 4) is 0 Å². The van der Waals surface area contributed by atoms with E-state index >= 15 is 0 Å². The fourth-order valence-corrected chi connectivity index (χ4v) is 2.81. The molecular formula is C17H24N2O4. The van der Waals surface area contributed by atoms with Gasteiger partial charge in [0.2, 0.25) is 5.91 Å². The summed E-state index contributed by atoms with van der Waals surface area (Å²) in [5.74, 6) is -0.781. The third-order valence-electron chi connectivity index (χ3n) is 4.18. The molecule has 0 saturated heterocycles. The van der Waals surface area contributed by atoms with Crippen molar-refractivity contribution in [3.63, 3.8) is 0 Å². The highest BCUT2D eigenvalue weighted by molar-refractivity contribution is 6.04. The molecule has 1 saturated carbocycles. The third-order valence-corrected chi connectivity index (χ3v) is 4.18. The van der Waals surface area contributed by atoms with E-state index in [1.807, 2.05) is 13.8 Å². The molecule has 1 aromatic rings. The average Bonchev–Trinajstić information content (AvgIpc) is 3.28. The summed E-state index contributed by atoms with van der Waals surface area (Å²) in [6, 6.07) is 0.175. The summed E-state index contributed by atoms with van der Waals surface area (Å²) in [5.41, 5.74) is 1.97. The predicted molar refractivity (Wildman–Crippen MR) is 85.5 cm³/mol. The zero-order valence-electron chi connectivity index (χ0n) is 14.4. The van der Waals surface area contributed by atoms with E-state index < -0.39 is 5.97 Å². The van der Waals surface area contributed by atoms with Crippen LogP contribution in [0.1, 0.15) is 58.8 Å². The van der Waals surface area contributed by atoms with Crippen LogP contribution in [-0.2, 0) is 9.53 Å². The van der Waals surface area contributed by atoms with Gasteiger partial charge >= 0.3 is 5.97 Å². The first-order valence-corrected chi connectivity index (χ1v) is 7.89. The Morgan fingerprint density at radius 3 is 2.35 bits per heavy atom. The van der Waals surface area contributed by atoms with Crippen LogP contribution in [0.4, 0.5) is 0 Å². The van der Waals surface area contributed by atoms with E-state index in [9.17, 15) is 14.4 Å². The Morgan fingerprint density at radius 2 is 1.87 bits per heavy atom. The number of amides is 1. The molecular weight excluding hydrogens is 296 g/mol. The summed E-state index contributed by atoms with van der Waals surface area (Å²) in [6.07, 6.45) is 1.90. The lowest BCUT2D eigenvalue weighted by Gasteiger charge is -2.23. The highest BCUT2D eigenvalue weighted by atomic mass is 16.5. The van der Waals surface area contributed by atoms with Crippen molar-refractivity contribution >= 4 is 17.7 Å². The van der Waals surface area contributed by atoms with Crippen LogP contribution in [0.2, 0.25) is 0 Å². The van der Waals surface area contributed by atoms with Crippen molar-refractivity contribution in [1.82, 2.24) is 9.88 Å². The molecule has 0 radical (unpaired) electrons. The SMILES string of the molecule is COC(=O)c1[nH]c(C)c(C(=O)CN(C(=O)C(C)C)C2CC2)c1C. The van der Waals surface area contributed by atoms with E-state index in [-0.39, 0.29) is 30.2 Å². The molecule has 23 heavy (non-hydrogen) atoms. The van der Waals surface area contributed by atoms with Gasteiger partial charge in [0.1, 0.15) is 5.69 Å². The molecule has 1 aromatic heterocycles. The molecule has 1 N–H and O–H groups in total. The Labute approximate surface area is 136 Å². The fraction of sp³-hybridized carbons (Fsp3) is 0.588. The summed E-state index contributed by atoms with van der Waals surface area (Å²) < 4.78 is 4.72. The van der Waals surface area contributed by atoms with E-state index in [2.05, 4.69) is 4.98 Å². The highest BCUT2D eigenvalue weighted by Crippen LogP contribution is 2.29. The molecule has 0 aliphatic heterocycles. The second kappa shape index (κ2) is 6.56. The van der Waals surface area contributed by atoms with Crippen molar-refractivity contribution < 1.29 is 19.1 Å². The standard InChI is InChI=1S/C17H24N2O4/c1-9(2)16(21)19(12-6-7-12)8-13(20)14-10(3)15(17(22)23-5)18-11(14)4/h9,12,18H,6-8H2,1-5H3. The molecule has 0 bridgehead atoms. The van der Waals surface area contributed by atoms with Crippen LogP contribution in [-0.4, -0.2) is 47.2 Å². The van der Waals surface area contributed by atoms with Crippen molar-refractivity contribution in [2.45, 2.75) is 46.6 Å². The number of Topliss-reactive ketones (excluding diaryl/α,β-unsaturated/α-hetero) is 1. The van der Waals surface area contributed by atoms with Crippen LogP contribution in [0.3, 0.4) is 0 Å². The lowest BCUT2D eigenvalue weighted by Crippen LogP contribution is -2.40. The van der Waals surface area contributed by atoms with Crippen molar-refractivity contribution in [2.75, 3.05) is 13.7 Å². The smallest absolute Gasteiger partial charge is 0.354 e. The molecule has 1 fully saturated rings. The van der Waals surface area contributed by atoms with Crippen LogP contribution in [0.25, 0.3) is 0 Å². The Balaban J connectivity index is 2.25. The molecule has 0 spiro atoms. The number of carbonyl (C=O) groups is 3. The number of nitrogens with one attached hydrogen (secondary N) is 1. The number of carbonyl (C=O) groups excluding carboxylic acids is 3. The lowest BCUT2D eigenvalue weighted by molar-refractivity contribution is -0.134. The van der Waals surface area contributed by atoms with Crippen molar-refractivity contribution in [3.05, 3.63) is 22.5 Å². The zero-order chi connectivity index (χ0) is 17.3. The third kappa shape index (κ3) is 3.46. The average molecular weight is 320 g/mol. The quantitative estimate of drug-likeness (QED) is 0.644. The first kappa shape index (κ1) is 17.2. The normalized spacial score (nSPS) is 14.0. The van der Waals surface area contributed by atoms with E-state index in [0.717, 1.165) is 12.8 Å². The Kier molecular flexibility index (Phi) is 4.92. The molecule has 6 heteroatoms. The summed E-state index contributed by atoms with van der Waals surface area (Å²) >= 11 is 0. The Bertz CT molecular complexity index is 641. The predicted octanol–water partition coefficient (Wildman–Crippen LogP) is 2.25. The van der Waals surface area contributed by atoms with Crippen molar-refractivity contribution in [1.29, 1.82) is 0 Å². The number of ether oxygens (including phenoxy) is 1. The maximum absolute atomic E-state index is 12.7. The number of hydrogen-bond acceptors (Lipinski definition) is 4. The van der Waals surface area contributed by atoms with Crippen LogP contribution in [0, 0.1) is 19.8 Å². The van der Waals surface area contributed by atoms with Gasteiger partial charge in [-0.15, -0.1) is 0 Å². The number of H-pyrrole nitrogens is 1. The van der Waals surface area contributed by atoms with Crippen LogP contribution >= 0.6 is 0 Å². The molecule has 2 rings (SSSR count). The van der Waals surface area contributed by atoms with E-state index in [0.29, 0.717) is 22.5 Å². The van der Waals surface area contributed by atoms with Gasteiger partial charge in [-0.2, -0.15) is 0 Å². The van der Waals surface area contributed by atoms with Gasteiger partial charge in [-0.25, -0.2) is 4.79 Å². The van der Waals surface area contributed by atoms with Crippen LogP contribution in [0.15, 0.2) is 0 Å². The molecule has 0 aromatic carbocycles. The molecule has 6 nitrogen and oxygen atoms in total. The Morgan fingerprint density at radius 1 is 1.26 bits per heavy atom.